The molecule has 0 aliphatic carbocycles. The second kappa shape index (κ2) is 7.31. The Morgan fingerprint density at radius 1 is 1.20 bits per heavy atom. The zero-order chi connectivity index (χ0) is 17.8. The lowest BCUT2D eigenvalue weighted by Gasteiger charge is -2.10. The number of benzene rings is 2. The van der Waals surface area contributed by atoms with Crippen LogP contribution in [0.4, 0.5) is 14.5 Å². The number of rotatable bonds is 5. The van der Waals surface area contributed by atoms with Gasteiger partial charge in [-0.2, -0.15) is 13.9 Å². The third-order valence-electron chi connectivity index (χ3n) is 3.30. The van der Waals surface area contributed by atoms with Gasteiger partial charge in [0.05, 0.1) is 10.7 Å². The standard InChI is InChI=1S/C17H12ClF2N3O2/c18-14-10-12(4-7-15(14)25-17(19)20)22-16(24)11-2-5-13(6-3-11)23-9-1-8-21-23/h1-10,17H,(H,22,24). The summed E-state index contributed by atoms with van der Waals surface area (Å²) in [6, 6.07) is 12.7. The van der Waals surface area contributed by atoms with Crippen molar-refractivity contribution in [2.75, 3.05) is 5.32 Å². The number of aromatic nitrogens is 2. The summed E-state index contributed by atoms with van der Waals surface area (Å²) in [6.45, 7) is -2.97. The minimum absolute atomic E-state index is 0.0212. The van der Waals surface area contributed by atoms with E-state index in [1.54, 1.807) is 47.4 Å². The molecule has 2 aromatic carbocycles. The number of ether oxygens (including phenoxy) is 1. The zero-order valence-corrected chi connectivity index (χ0v) is 13.5. The van der Waals surface area contributed by atoms with Gasteiger partial charge in [0.2, 0.25) is 0 Å². The molecule has 0 bridgehead atoms. The minimum atomic E-state index is -2.97. The highest BCUT2D eigenvalue weighted by molar-refractivity contribution is 6.32. The summed E-state index contributed by atoms with van der Waals surface area (Å²) in [6.07, 6.45) is 3.45. The normalized spacial score (nSPS) is 10.7. The maximum absolute atomic E-state index is 12.3. The van der Waals surface area contributed by atoms with Crippen molar-refractivity contribution in [3.05, 3.63) is 71.5 Å². The molecule has 25 heavy (non-hydrogen) atoms. The Kier molecular flexibility index (Phi) is 4.95. The molecular formula is C17H12ClF2N3O2. The van der Waals surface area contributed by atoms with E-state index in [1.807, 2.05) is 0 Å². The lowest BCUT2D eigenvalue weighted by Crippen LogP contribution is -2.12. The van der Waals surface area contributed by atoms with E-state index in [9.17, 15) is 13.6 Å². The van der Waals surface area contributed by atoms with Crippen LogP contribution in [0.15, 0.2) is 60.9 Å². The fourth-order valence-electron chi connectivity index (χ4n) is 2.16. The van der Waals surface area contributed by atoms with Gasteiger partial charge >= 0.3 is 6.61 Å². The average Bonchev–Trinajstić information content (AvgIpc) is 3.12. The topological polar surface area (TPSA) is 56.1 Å². The quantitative estimate of drug-likeness (QED) is 0.732. The molecule has 3 aromatic rings. The van der Waals surface area contributed by atoms with Crippen LogP contribution in [0.1, 0.15) is 10.4 Å². The summed E-state index contributed by atoms with van der Waals surface area (Å²) in [5, 5.41) is 6.73. The van der Waals surface area contributed by atoms with Crippen LogP contribution in [0.25, 0.3) is 5.69 Å². The number of anilines is 1. The molecule has 0 aliphatic rings. The number of hydrogen-bond donors (Lipinski definition) is 1. The number of nitrogens with one attached hydrogen (secondary N) is 1. The average molecular weight is 364 g/mol. The molecule has 0 saturated heterocycles. The third kappa shape index (κ3) is 4.13. The number of amides is 1. The van der Waals surface area contributed by atoms with E-state index in [-0.39, 0.29) is 16.7 Å². The Balaban J connectivity index is 1.70. The molecular weight excluding hydrogens is 352 g/mol. The Labute approximate surface area is 146 Å². The van der Waals surface area contributed by atoms with Crippen molar-refractivity contribution in [1.29, 1.82) is 0 Å². The fraction of sp³-hybridized carbons (Fsp3) is 0.0588. The highest BCUT2D eigenvalue weighted by Gasteiger charge is 2.11. The first-order chi connectivity index (χ1) is 12.0. The van der Waals surface area contributed by atoms with E-state index >= 15 is 0 Å². The van der Waals surface area contributed by atoms with Crippen molar-refractivity contribution in [2.45, 2.75) is 6.61 Å². The van der Waals surface area contributed by atoms with Gasteiger partial charge in [0.25, 0.3) is 5.91 Å². The number of carbonyl (C=O) groups is 1. The molecule has 0 atom stereocenters. The number of alkyl halides is 2. The molecule has 5 nitrogen and oxygen atoms in total. The van der Waals surface area contributed by atoms with E-state index < -0.39 is 6.61 Å². The lowest BCUT2D eigenvalue weighted by atomic mass is 10.2. The van der Waals surface area contributed by atoms with Gasteiger partial charge in [-0.1, -0.05) is 11.6 Å². The van der Waals surface area contributed by atoms with Gasteiger partial charge in [0.15, 0.2) is 0 Å². The molecule has 0 aliphatic heterocycles. The third-order valence-corrected chi connectivity index (χ3v) is 3.60. The Morgan fingerprint density at radius 2 is 1.96 bits per heavy atom. The Bertz CT molecular complexity index is 868. The van der Waals surface area contributed by atoms with Crippen LogP contribution in [0, 0.1) is 0 Å². The molecule has 0 fully saturated rings. The van der Waals surface area contributed by atoms with Crippen LogP contribution < -0.4 is 10.1 Å². The summed E-state index contributed by atoms with van der Waals surface area (Å²) in [4.78, 5) is 12.3. The van der Waals surface area contributed by atoms with Crippen molar-refractivity contribution in [3.63, 3.8) is 0 Å². The first-order valence-electron chi connectivity index (χ1n) is 7.19. The molecule has 0 spiro atoms. The van der Waals surface area contributed by atoms with Crippen molar-refractivity contribution < 1.29 is 18.3 Å². The second-order valence-corrected chi connectivity index (χ2v) is 5.38. The van der Waals surface area contributed by atoms with Crippen molar-refractivity contribution in [2.24, 2.45) is 0 Å². The monoisotopic (exact) mass is 363 g/mol. The summed E-state index contributed by atoms with van der Waals surface area (Å²) >= 11 is 5.86. The van der Waals surface area contributed by atoms with Gasteiger partial charge in [-0.3, -0.25) is 4.79 Å². The highest BCUT2D eigenvalue weighted by Crippen LogP contribution is 2.29. The van der Waals surface area contributed by atoms with Gasteiger partial charge in [0.1, 0.15) is 5.75 Å². The van der Waals surface area contributed by atoms with Crippen molar-refractivity contribution in [3.8, 4) is 11.4 Å². The van der Waals surface area contributed by atoms with Crippen LogP contribution in [0.5, 0.6) is 5.75 Å². The summed E-state index contributed by atoms with van der Waals surface area (Å²) in [5.41, 5.74) is 1.62. The molecule has 1 aromatic heterocycles. The first kappa shape index (κ1) is 16.9. The maximum Gasteiger partial charge on any atom is 0.387 e. The van der Waals surface area contributed by atoms with Crippen LogP contribution in [0.3, 0.4) is 0 Å². The first-order valence-corrected chi connectivity index (χ1v) is 7.56. The summed E-state index contributed by atoms with van der Waals surface area (Å²) < 4.78 is 30.3. The number of hydrogen-bond acceptors (Lipinski definition) is 3. The molecule has 0 unspecified atom stereocenters. The van der Waals surface area contributed by atoms with E-state index in [0.29, 0.717) is 11.3 Å². The van der Waals surface area contributed by atoms with Crippen molar-refractivity contribution in [1.82, 2.24) is 9.78 Å². The largest absolute Gasteiger partial charge is 0.433 e. The maximum atomic E-state index is 12.3. The SMILES string of the molecule is O=C(Nc1ccc(OC(F)F)c(Cl)c1)c1ccc(-n2cccn2)cc1. The Morgan fingerprint density at radius 3 is 2.56 bits per heavy atom. The minimum Gasteiger partial charge on any atom is -0.433 e. The second-order valence-electron chi connectivity index (χ2n) is 4.98. The molecule has 3 rings (SSSR count). The van der Waals surface area contributed by atoms with E-state index in [2.05, 4.69) is 15.2 Å². The summed E-state index contributed by atoms with van der Waals surface area (Å²) in [7, 11) is 0. The molecule has 1 amide bonds. The predicted octanol–water partition coefficient (Wildman–Crippen LogP) is 4.38. The van der Waals surface area contributed by atoms with Gasteiger partial charge in [0, 0.05) is 23.6 Å². The predicted molar refractivity (Wildman–Crippen MR) is 89.6 cm³/mol. The van der Waals surface area contributed by atoms with Crippen LogP contribution in [0.2, 0.25) is 5.02 Å². The van der Waals surface area contributed by atoms with E-state index in [1.165, 1.54) is 18.2 Å². The molecule has 1 N–H and O–H groups in total. The summed E-state index contributed by atoms with van der Waals surface area (Å²) in [5.74, 6) is -0.510. The fourth-order valence-corrected chi connectivity index (χ4v) is 2.39. The zero-order valence-electron chi connectivity index (χ0n) is 12.7. The number of halogens is 3. The van der Waals surface area contributed by atoms with E-state index in [4.69, 9.17) is 11.6 Å². The molecule has 0 saturated carbocycles. The number of carbonyl (C=O) groups excluding carboxylic acids is 1. The van der Waals surface area contributed by atoms with Crippen LogP contribution in [-0.4, -0.2) is 22.3 Å². The van der Waals surface area contributed by atoms with E-state index in [0.717, 1.165) is 5.69 Å². The Hall–Kier alpha value is -2.93. The molecule has 8 heteroatoms. The van der Waals surface area contributed by atoms with Gasteiger partial charge < -0.3 is 10.1 Å². The number of nitrogens with zero attached hydrogens (tertiary/aromatic N) is 2. The lowest BCUT2D eigenvalue weighted by molar-refractivity contribution is -0.0497. The molecule has 128 valence electrons. The molecule has 1 heterocycles. The van der Waals surface area contributed by atoms with Gasteiger partial charge in [-0.25, -0.2) is 4.68 Å². The van der Waals surface area contributed by atoms with Gasteiger partial charge in [-0.05, 0) is 48.5 Å². The van der Waals surface area contributed by atoms with Gasteiger partial charge in [-0.15, -0.1) is 0 Å². The molecule has 0 radical (unpaired) electrons. The highest BCUT2D eigenvalue weighted by atomic mass is 35.5. The van der Waals surface area contributed by atoms with Crippen LogP contribution >= 0.6 is 11.6 Å². The van der Waals surface area contributed by atoms with Crippen molar-refractivity contribution >= 4 is 23.2 Å². The van der Waals surface area contributed by atoms with Crippen LogP contribution in [-0.2, 0) is 0 Å². The smallest absolute Gasteiger partial charge is 0.387 e.